The first-order chi connectivity index (χ1) is 13.9. The van der Waals surface area contributed by atoms with Gasteiger partial charge in [0.1, 0.15) is 11.1 Å². The number of aromatic nitrogens is 3. The van der Waals surface area contributed by atoms with Crippen molar-refractivity contribution in [2.45, 2.75) is 26.3 Å². The average molecular weight is 420 g/mol. The Balaban J connectivity index is 1.60. The molecule has 0 atom stereocenters. The van der Waals surface area contributed by atoms with Crippen LogP contribution in [0.1, 0.15) is 25.3 Å². The van der Waals surface area contributed by atoms with E-state index in [1.54, 1.807) is 10.9 Å². The van der Waals surface area contributed by atoms with Gasteiger partial charge in [-0.1, -0.05) is 12.1 Å². The SMILES string of the molecule is COc1cc(Cn2cccn2)cc2onc(NS(=O)(=O)CC3(C)CCOCC3)c12. The third-order valence-corrected chi connectivity index (χ3v) is 6.79. The highest BCUT2D eigenvalue weighted by Crippen LogP contribution is 2.36. The molecule has 1 N–H and O–H groups in total. The molecule has 0 bridgehead atoms. The van der Waals surface area contributed by atoms with Crippen molar-refractivity contribution in [1.82, 2.24) is 14.9 Å². The monoisotopic (exact) mass is 420 g/mol. The number of ether oxygens (including phenoxy) is 2. The number of fused-ring (bicyclic) bond motifs is 1. The van der Waals surface area contributed by atoms with Crippen molar-refractivity contribution >= 4 is 26.8 Å². The molecule has 1 saturated heterocycles. The van der Waals surface area contributed by atoms with E-state index < -0.39 is 10.0 Å². The molecule has 1 aliphatic rings. The maximum Gasteiger partial charge on any atom is 0.234 e. The molecular formula is C19H24N4O5S. The van der Waals surface area contributed by atoms with E-state index >= 15 is 0 Å². The lowest BCUT2D eigenvalue weighted by Gasteiger charge is -2.32. The topological polar surface area (TPSA) is 108 Å². The Kier molecular flexibility index (Phi) is 5.22. The van der Waals surface area contributed by atoms with Crippen LogP contribution in [0, 0.1) is 5.41 Å². The van der Waals surface area contributed by atoms with Crippen molar-refractivity contribution in [1.29, 1.82) is 0 Å². The van der Waals surface area contributed by atoms with E-state index in [0.717, 1.165) is 5.56 Å². The summed E-state index contributed by atoms with van der Waals surface area (Å²) in [4.78, 5) is 0. The number of benzene rings is 1. The molecule has 4 rings (SSSR count). The molecule has 0 radical (unpaired) electrons. The van der Waals surface area contributed by atoms with Gasteiger partial charge < -0.3 is 14.0 Å². The second kappa shape index (κ2) is 7.68. The Bertz CT molecular complexity index is 1090. The first-order valence-electron chi connectivity index (χ1n) is 9.39. The zero-order valence-corrected chi connectivity index (χ0v) is 17.2. The maximum absolute atomic E-state index is 12.8. The minimum absolute atomic E-state index is 0.00257. The molecule has 1 aromatic carbocycles. The predicted molar refractivity (Wildman–Crippen MR) is 107 cm³/mol. The van der Waals surface area contributed by atoms with Gasteiger partial charge in [-0.3, -0.25) is 9.40 Å². The fourth-order valence-electron chi connectivity index (χ4n) is 3.64. The standard InChI is InChI=1S/C19H24N4O5S/c1-19(4-8-27-9-5-19)13-29(24,25)22-18-17-15(26-2)10-14(11-16(17)28-21-18)12-23-7-3-6-20-23/h3,6-7,10-11H,4-5,8-9,12-13H2,1-2H3,(H,21,22). The van der Waals surface area contributed by atoms with E-state index in [-0.39, 0.29) is 17.0 Å². The smallest absolute Gasteiger partial charge is 0.234 e. The molecule has 156 valence electrons. The van der Waals surface area contributed by atoms with Gasteiger partial charge in [0.25, 0.3) is 0 Å². The molecular weight excluding hydrogens is 396 g/mol. The lowest BCUT2D eigenvalue weighted by atomic mass is 9.85. The Morgan fingerprint density at radius 2 is 2.10 bits per heavy atom. The van der Waals surface area contributed by atoms with Crippen molar-refractivity contribution in [3.63, 3.8) is 0 Å². The zero-order chi connectivity index (χ0) is 20.5. The van der Waals surface area contributed by atoms with E-state index in [1.807, 2.05) is 31.3 Å². The minimum atomic E-state index is -3.63. The third-order valence-electron chi connectivity index (χ3n) is 5.21. The second-order valence-corrected chi connectivity index (χ2v) is 9.41. The lowest BCUT2D eigenvalue weighted by Crippen LogP contribution is -2.35. The molecule has 2 aromatic heterocycles. The van der Waals surface area contributed by atoms with Crippen molar-refractivity contribution in [2.75, 3.05) is 30.8 Å². The normalized spacial score (nSPS) is 16.8. The van der Waals surface area contributed by atoms with Crippen LogP contribution < -0.4 is 9.46 Å². The van der Waals surface area contributed by atoms with Crippen LogP contribution in [-0.4, -0.2) is 49.4 Å². The molecule has 9 nitrogen and oxygen atoms in total. The Labute approximate surface area is 169 Å². The van der Waals surface area contributed by atoms with Crippen LogP contribution in [0.15, 0.2) is 35.1 Å². The Hall–Kier alpha value is -2.59. The summed E-state index contributed by atoms with van der Waals surface area (Å²) in [5, 5.41) is 8.64. The maximum atomic E-state index is 12.8. The second-order valence-electron chi connectivity index (χ2n) is 7.69. The first kappa shape index (κ1) is 19.7. The molecule has 1 aliphatic heterocycles. The molecule has 10 heteroatoms. The van der Waals surface area contributed by atoms with Gasteiger partial charge >= 0.3 is 0 Å². The number of rotatable bonds is 7. The lowest BCUT2D eigenvalue weighted by molar-refractivity contribution is 0.0342. The van der Waals surface area contributed by atoms with Gasteiger partial charge in [0.05, 0.1) is 19.4 Å². The molecule has 3 aromatic rings. The number of sulfonamides is 1. The van der Waals surface area contributed by atoms with Crippen molar-refractivity contribution in [3.8, 4) is 5.75 Å². The summed E-state index contributed by atoms with van der Waals surface area (Å²) < 4.78 is 46.2. The van der Waals surface area contributed by atoms with Crippen LogP contribution in [0.25, 0.3) is 11.0 Å². The summed E-state index contributed by atoms with van der Waals surface area (Å²) in [7, 11) is -2.10. The average Bonchev–Trinajstić information content (AvgIpc) is 3.31. The van der Waals surface area contributed by atoms with Gasteiger partial charge in [-0.05, 0) is 42.0 Å². The largest absolute Gasteiger partial charge is 0.496 e. The predicted octanol–water partition coefficient (Wildman–Crippen LogP) is 2.64. The quantitative estimate of drug-likeness (QED) is 0.626. The fourth-order valence-corrected chi connectivity index (χ4v) is 5.36. The molecule has 1 fully saturated rings. The molecule has 0 unspecified atom stereocenters. The summed E-state index contributed by atoms with van der Waals surface area (Å²) in [6.45, 7) is 3.65. The summed E-state index contributed by atoms with van der Waals surface area (Å²) in [5.41, 5.74) is 1.02. The highest BCUT2D eigenvalue weighted by atomic mass is 32.2. The number of hydrogen-bond acceptors (Lipinski definition) is 7. The van der Waals surface area contributed by atoms with E-state index in [2.05, 4.69) is 15.0 Å². The summed E-state index contributed by atoms with van der Waals surface area (Å²) in [6.07, 6.45) is 4.96. The van der Waals surface area contributed by atoms with Gasteiger partial charge in [0, 0.05) is 25.6 Å². The molecule has 29 heavy (non-hydrogen) atoms. The summed E-state index contributed by atoms with van der Waals surface area (Å²) in [5.74, 6) is 0.622. The van der Waals surface area contributed by atoms with E-state index in [0.29, 0.717) is 49.3 Å². The van der Waals surface area contributed by atoms with Gasteiger partial charge in [-0.25, -0.2) is 8.42 Å². The molecule has 0 amide bonds. The Morgan fingerprint density at radius 3 is 2.79 bits per heavy atom. The number of methoxy groups -OCH3 is 1. The Morgan fingerprint density at radius 1 is 1.31 bits per heavy atom. The first-order valence-corrected chi connectivity index (χ1v) is 11.0. The van der Waals surface area contributed by atoms with E-state index in [4.69, 9.17) is 14.0 Å². The summed E-state index contributed by atoms with van der Waals surface area (Å²) in [6, 6.07) is 5.49. The number of anilines is 1. The zero-order valence-electron chi connectivity index (χ0n) is 16.4. The highest BCUT2D eigenvalue weighted by Gasteiger charge is 2.33. The highest BCUT2D eigenvalue weighted by molar-refractivity contribution is 7.92. The van der Waals surface area contributed by atoms with E-state index in [1.165, 1.54) is 7.11 Å². The number of hydrogen-bond donors (Lipinski definition) is 1. The van der Waals surface area contributed by atoms with Gasteiger partial charge in [-0.2, -0.15) is 5.10 Å². The van der Waals surface area contributed by atoms with Crippen LogP contribution in [0.3, 0.4) is 0 Å². The molecule has 0 spiro atoms. The van der Waals surface area contributed by atoms with Gasteiger partial charge in [-0.15, -0.1) is 0 Å². The molecule has 0 aliphatic carbocycles. The van der Waals surface area contributed by atoms with E-state index in [9.17, 15) is 8.42 Å². The van der Waals surface area contributed by atoms with Crippen molar-refractivity contribution < 1.29 is 22.4 Å². The third kappa shape index (κ3) is 4.38. The minimum Gasteiger partial charge on any atom is -0.496 e. The number of nitrogens with one attached hydrogen (secondary N) is 1. The van der Waals surface area contributed by atoms with Crippen LogP contribution in [-0.2, 0) is 21.3 Å². The van der Waals surface area contributed by atoms with Crippen LogP contribution >= 0.6 is 0 Å². The van der Waals surface area contributed by atoms with Gasteiger partial charge in [0.2, 0.25) is 10.0 Å². The summed E-state index contributed by atoms with van der Waals surface area (Å²) >= 11 is 0. The number of nitrogens with zero attached hydrogens (tertiary/aromatic N) is 3. The van der Waals surface area contributed by atoms with Crippen molar-refractivity contribution in [2.24, 2.45) is 5.41 Å². The van der Waals surface area contributed by atoms with Crippen LogP contribution in [0.4, 0.5) is 5.82 Å². The van der Waals surface area contributed by atoms with Gasteiger partial charge in [0.15, 0.2) is 11.4 Å². The fraction of sp³-hybridized carbons (Fsp3) is 0.474. The van der Waals surface area contributed by atoms with Crippen LogP contribution in [0.5, 0.6) is 5.75 Å². The molecule has 0 saturated carbocycles. The van der Waals surface area contributed by atoms with Crippen molar-refractivity contribution in [3.05, 3.63) is 36.2 Å². The molecule has 3 heterocycles. The van der Waals surface area contributed by atoms with Crippen LogP contribution in [0.2, 0.25) is 0 Å².